The molecular formula is C7H4N3O6-. The van der Waals surface area contributed by atoms with E-state index in [4.69, 9.17) is 5.73 Å². The lowest BCUT2D eigenvalue weighted by molar-refractivity contribution is -0.395. The number of nitro benzene ring substituents is 2. The van der Waals surface area contributed by atoms with Crippen LogP contribution in [0.3, 0.4) is 0 Å². The van der Waals surface area contributed by atoms with E-state index in [0.717, 1.165) is 0 Å². The molecular weight excluding hydrogens is 222 g/mol. The predicted molar refractivity (Wildman–Crippen MR) is 47.7 cm³/mol. The summed E-state index contributed by atoms with van der Waals surface area (Å²) in [6, 6.07) is 1.02. The SMILES string of the molecule is NC(=O)c1c([O-])cc([N+](=O)[O-])cc1[N+](=O)[O-]. The van der Waals surface area contributed by atoms with Crippen molar-refractivity contribution >= 4 is 17.3 Å². The van der Waals surface area contributed by atoms with Gasteiger partial charge in [0.1, 0.15) is 5.56 Å². The third kappa shape index (κ3) is 1.87. The summed E-state index contributed by atoms with van der Waals surface area (Å²) in [4.78, 5) is 29.6. The summed E-state index contributed by atoms with van der Waals surface area (Å²) in [6.07, 6.45) is 0. The fourth-order valence-electron chi connectivity index (χ4n) is 1.08. The molecule has 0 heterocycles. The second kappa shape index (κ2) is 3.81. The van der Waals surface area contributed by atoms with Crippen molar-refractivity contribution in [3.8, 4) is 5.75 Å². The van der Waals surface area contributed by atoms with Crippen molar-refractivity contribution in [1.82, 2.24) is 0 Å². The molecule has 0 radical (unpaired) electrons. The van der Waals surface area contributed by atoms with Crippen molar-refractivity contribution in [2.75, 3.05) is 0 Å². The summed E-state index contributed by atoms with van der Waals surface area (Å²) in [6.45, 7) is 0. The first-order chi connectivity index (χ1) is 7.34. The van der Waals surface area contributed by atoms with Crippen LogP contribution >= 0.6 is 0 Å². The third-order valence-corrected chi connectivity index (χ3v) is 1.72. The van der Waals surface area contributed by atoms with Crippen LogP contribution in [-0.2, 0) is 0 Å². The van der Waals surface area contributed by atoms with Gasteiger partial charge in [-0.15, -0.1) is 0 Å². The van der Waals surface area contributed by atoms with E-state index in [0.29, 0.717) is 12.1 Å². The van der Waals surface area contributed by atoms with Gasteiger partial charge in [-0.1, -0.05) is 5.75 Å². The molecule has 2 N–H and O–H groups in total. The molecule has 16 heavy (non-hydrogen) atoms. The second-order valence-corrected chi connectivity index (χ2v) is 2.72. The van der Waals surface area contributed by atoms with Crippen LogP contribution in [0, 0.1) is 20.2 Å². The van der Waals surface area contributed by atoms with Crippen LogP contribution in [-0.4, -0.2) is 15.8 Å². The van der Waals surface area contributed by atoms with Gasteiger partial charge >= 0.3 is 0 Å². The second-order valence-electron chi connectivity index (χ2n) is 2.72. The summed E-state index contributed by atoms with van der Waals surface area (Å²) in [5, 5.41) is 32.0. The first-order valence-corrected chi connectivity index (χ1v) is 3.78. The van der Waals surface area contributed by atoms with Crippen molar-refractivity contribution in [2.45, 2.75) is 0 Å². The van der Waals surface area contributed by atoms with Gasteiger partial charge in [0.25, 0.3) is 17.3 Å². The highest BCUT2D eigenvalue weighted by Gasteiger charge is 2.23. The van der Waals surface area contributed by atoms with Crippen molar-refractivity contribution < 1.29 is 19.7 Å². The van der Waals surface area contributed by atoms with Gasteiger partial charge in [-0.25, -0.2) is 0 Å². The van der Waals surface area contributed by atoms with E-state index < -0.39 is 38.4 Å². The highest BCUT2D eigenvalue weighted by molar-refractivity contribution is 6.00. The lowest BCUT2D eigenvalue weighted by Gasteiger charge is -2.09. The zero-order valence-corrected chi connectivity index (χ0v) is 7.58. The molecule has 0 aromatic heterocycles. The van der Waals surface area contributed by atoms with Gasteiger partial charge in [0, 0.05) is 6.07 Å². The summed E-state index contributed by atoms with van der Waals surface area (Å²) >= 11 is 0. The minimum atomic E-state index is -1.30. The molecule has 0 bridgehead atoms. The Morgan fingerprint density at radius 3 is 2.12 bits per heavy atom. The van der Waals surface area contributed by atoms with Crippen LogP contribution in [0.15, 0.2) is 12.1 Å². The van der Waals surface area contributed by atoms with E-state index in [1.54, 1.807) is 0 Å². The molecule has 84 valence electrons. The lowest BCUT2D eigenvalue weighted by Crippen LogP contribution is -2.16. The number of carbonyl (C=O) groups is 1. The molecule has 1 rings (SSSR count). The van der Waals surface area contributed by atoms with Crippen LogP contribution in [0.4, 0.5) is 11.4 Å². The first kappa shape index (κ1) is 11.4. The Balaban J connectivity index is 3.58. The van der Waals surface area contributed by atoms with Crippen molar-refractivity contribution in [2.24, 2.45) is 5.73 Å². The van der Waals surface area contributed by atoms with Crippen molar-refractivity contribution in [3.63, 3.8) is 0 Å². The van der Waals surface area contributed by atoms with Crippen molar-refractivity contribution in [3.05, 3.63) is 37.9 Å². The van der Waals surface area contributed by atoms with E-state index in [9.17, 15) is 30.1 Å². The molecule has 1 aromatic rings. The number of nitrogens with zero attached hydrogens (tertiary/aromatic N) is 2. The smallest absolute Gasteiger partial charge is 0.288 e. The average molecular weight is 226 g/mol. The Morgan fingerprint density at radius 1 is 1.19 bits per heavy atom. The molecule has 1 aromatic carbocycles. The van der Waals surface area contributed by atoms with Gasteiger partial charge in [0.05, 0.1) is 15.9 Å². The number of hydrogen-bond donors (Lipinski definition) is 1. The molecule has 0 aliphatic carbocycles. The van der Waals surface area contributed by atoms with Crippen LogP contribution in [0.1, 0.15) is 10.4 Å². The molecule has 0 spiro atoms. The minimum Gasteiger partial charge on any atom is -0.872 e. The maximum Gasteiger partial charge on any atom is 0.288 e. The number of nitro groups is 2. The molecule has 1 amide bonds. The minimum absolute atomic E-state index is 0.507. The number of hydrogen-bond acceptors (Lipinski definition) is 6. The summed E-state index contributed by atoms with van der Waals surface area (Å²) in [5.41, 5.74) is 2.17. The molecule has 0 aliphatic rings. The van der Waals surface area contributed by atoms with E-state index in [2.05, 4.69) is 0 Å². The Hall–Kier alpha value is -2.71. The Kier molecular flexibility index (Phi) is 2.70. The maximum absolute atomic E-state index is 11.2. The van der Waals surface area contributed by atoms with E-state index >= 15 is 0 Å². The standard InChI is InChI=1S/C7H5N3O6/c8-7(12)6-4(10(15)16)1-3(9(13)14)2-5(6)11/h1-2,11H,(H2,8,12)/p-1. The van der Waals surface area contributed by atoms with Crippen LogP contribution in [0.5, 0.6) is 5.75 Å². The van der Waals surface area contributed by atoms with E-state index in [-0.39, 0.29) is 0 Å². The molecule has 0 aliphatic heterocycles. The summed E-state index contributed by atoms with van der Waals surface area (Å²) in [5.74, 6) is -2.44. The molecule has 9 nitrogen and oxygen atoms in total. The number of non-ortho nitro benzene ring substituents is 1. The van der Waals surface area contributed by atoms with Crippen LogP contribution in [0.2, 0.25) is 0 Å². The van der Waals surface area contributed by atoms with Gasteiger partial charge in [-0.3, -0.25) is 25.0 Å². The fourth-order valence-corrected chi connectivity index (χ4v) is 1.08. The molecule has 9 heteroatoms. The van der Waals surface area contributed by atoms with E-state index in [1.807, 2.05) is 0 Å². The number of benzene rings is 1. The highest BCUT2D eigenvalue weighted by Crippen LogP contribution is 2.30. The Bertz CT molecular complexity index is 497. The van der Waals surface area contributed by atoms with Gasteiger partial charge in [0.15, 0.2) is 0 Å². The first-order valence-electron chi connectivity index (χ1n) is 3.78. The number of carbonyl (C=O) groups excluding carboxylic acids is 1. The number of amides is 1. The number of primary amides is 1. The summed E-state index contributed by atoms with van der Waals surface area (Å²) in [7, 11) is 0. The summed E-state index contributed by atoms with van der Waals surface area (Å²) < 4.78 is 0. The van der Waals surface area contributed by atoms with Gasteiger partial charge in [-0.2, -0.15) is 0 Å². The van der Waals surface area contributed by atoms with Gasteiger partial charge in [-0.05, 0) is 0 Å². The number of nitrogens with two attached hydrogens (primary N) is 1. The van der Waals surface area contributed by atoms with Crippen LogP contribution < -0.4 is 10.8 Å². The zero-order chi connectivity index (χ0) is 12.5. The molecule has 0 fully saturated rings. The van der Waals surface area contributed by atoms with Crippen molar-refractivity contribution in [1.29, 1.82) is 0 Å². The fraction of sp³-hybridized carbons (Fsp3) is 0. The third-order valence-electron chi connectivity index (χ3n) is 1.72. The Morgan fingerprint density at radius 2 is 1.75 bits per heavy atom. The van der Waals surface area contributed by atoms with E-state index in [1.165, 1.54) is 0 Å². The zero-order valence-electron chi connectivity index (χ0n) is 7.58. The number of rotatable bonds is 3. The lowest BCUT2D eigenvalue weighted by atomic mass is 10.1. The molecule has 0 unspecified atom stereocenters. The molecule has 0 saturated carbocycles. The monoisotopic (exact) mass is 226 g/mol. The van der Waals surface area contributed by atoms with Gasteiger partial charge in [0.2, 0.25) is 0 Å². The largest absolute Gasteiger partial charge is 0.872 e. The molecule has 0 saturated heterocycles. The quantitative estimate of drug-likeness (QED) is 0.550. The molecule has 0 atom stereocenters. The predicted octanol–water partition coefficient (Wildman–Crippen LogP) is -0.325. The maximum atomic E-state index is 11.2. The van der Waals surface area contributed by atoms with Crippen LogP contribution in [0.25, 0.3) is 0 Å². The topological polar surface area (TPSA) is 152 Å². The normalized spacial score (nSPS) is 9.75. The van der Waals surface area contributed by atoms with Gasteiger partial charge < -0.3 is 10.8 Å². The Labute approximate surface area is 87.4 Å². The highest BCUT2D eigenvalue weighted by atomic mass is 16.6. The average Bonchev–Trinajstić information content (AvgIpc) is 2.15.